The molecule has 1 atom stereocenters. The topological polar surface area (TPSA) is 92.3 Å². The smallest absolute Gasteiger partial charge is 0.242 e. The van der Waals surface area contributed by atoms with Crippen LogP contribution in [0.15, 0.2) is 23.1 Å². The van der Waals surface area contributed by atoms with E-state index in [4.69, 9.17) is 0 Å². The lowest BCUT2D eigenvalue weighted by Gasteiger charge is -2.30. The third-order valence-corrected chi connectivity index (χ3v) is 7.85. The first-order valence-corrected chi connectivity index (χ1v) is 11.2. The van der Waals surface area contributed by atoms with Gasteiger partial charge in [0, 0.05) is 5.54 Å². The van der Waals surface area contributed by atoms with Crippen molar-refractivity contribution >= 4 is 21.7 Å². The van der Waals surface area contributed by atoms with Gasteiger partial charge in [-0.3, -0.25) is 9.59 Å². The van der Waals surface area contributed by atoms with E-state index in [0.29, 0.717) is 18.4 Å². The largest absolute Gasteiger partial charge is 0.350 e. The van der Waals surface area contributed by atoms with Crippen molar-refractivity contribution in [2.75, 3.05) is 0 Å². The molecule has 1 aromatic carbocycles. The first-order valence-electron chi connectivity index (χ1n) is 9.75. The first-order chi connectivity index (χ1) is 12.8. The molecule has 0 bridgehead atoms. The summed E-state index contributed by atoms with van der Waals surface area (Å²) in [6.07, 6.45) is 1.87. The van der Waals surface area contributed by atoms with E-state index in [9.17, 15) is 18.0 Å². The Morgan fingerprint density at radius 2 is 1.68 bits per heavy atom. The van der Waals surface area contributed by atoms with Gasteiger partial charge in [0.25, 0.3) is 0 Å². The zero-order chi connectivity index (χ0) is 21.3. The van der Waals surface area contributed by atoms with Gasteiger partial charge in [0.15, 0.2) is 14.6 Å². The number of sulfone groups is 1. The molecule has 1 saturated carbocycles. The van der Waals surface area contributed by atoms with Gasteiger partial charge >= 0.3 is 0 Å². The second kappa shape index (κ2) is 7.85. The summed E-state index contributed by atoms with van der Waals surface area (Å²) < 4.78 is 25.7. The van der Waals surface area contributed by atoms with Crippen molar-refractivity contribution in [1.82, 2.24) is 10.6 Å². The molecule has 6 nitrogen and oxygen atoms in total. The first kappa shape index (κ1) is 22.4. The van der Waals surface area contributed by atoms with Gasteiger partial charge < -0.3 is 10.6 Å². The molecule has 0 heterocycles. The van der Waals surface area contributed by atoms with E-state index in [1.165, 1.54) is 0 Å². The SMILES string of the molecule is Cc1ccc(C)c(S(=O)(=O)C2(C(=O)NC(C)C(=O)NC(C)(C)C)CCCC2)c1. The lowest BCUT2D eigenvalue weighted by molar-refractivity contribution is -0.130. The lowest BCUT2D eigenvalue weighted by atomic mass is 10.1. The second-order valence-corrected chi connectivity index (χ2v) is 11.1. The molecule has 0 radical (unpaired) electrons. The van der Waals surface area contributed by atoms with Crippen molar-refractivity contribution in [2.45, 2.75) is 88.4 Å². The Bertz CT molecular complexity index is 863. The molecule has 0 aromatic heterocycles. The van der Waals surface area contributed by atoms with Crippen LogP contribution < -0.4 is 10.6 Å². The molecule has 1 fully saturated rings. The monoisotopic (exact) mass is 408 g/mol. The van der Waals surface area contributed by atoms with Crippen LogP contribution in [-0.4, -0.2) is 36.6 Å². The number of amides is 2. The van der Waals surface area contributed by atoms with E-state index in [-0.39, 0.29) is 23.6 Å². The number of hydrogen-bond donors (Lipinski definition) is 2. The van der Waals surface area contributed by atoms with Crippen molar-refractivity contribution in [1.29, 1.82) is 0 Å². The number of rotatable bonds is 5. The predicted molar refractivity (Wildman–Crippen MR) is 110 cm³/mol. The highest BCUT2D eigenvalue weighted by atomic mass is 32.2. The molecule has 2 N–H and O–H groups in total. The fourth-order valence-electron chi connectivity index (χ4n) is 3.64. The summed E-state index contributed by atoms with van der Waals surface area (Å²) in [4.78, 5) is 25.8. The molecule has 0 saturated heterocycles. The summed E-state index contributed by atoms with van der Waals surface area (Å²) in [5.41, 5.74) is 1.02. The number of nitrogens with one attached hydrogen (secondary N) is 2. The van der Waals surface area contributed by atoms with Crippen molar-refractivity contribution < 1.29 is 18.0 Å². The molecule has 1 aliphatic rings. The highest BCUT2D eigenvalue weighted by molar-refractivity contribution is 7.93. The molecule has 0 spiro atoms. The van der Waals surface area contributed by atoms with E-state index in [2.05, 4.69) is 10.6 Å². The Kier molecular flexibility index (Phi) is 6.28. The van der Waals surface area contributed by atoms with Gasteiger partial charge in [0.05, 0.1) is 4.90 Å². The van der Waals surface area contributed by atoms with Crippen LogP contribution in [0.5, 0.6) is 0 Å². The lowest BCUT2D eigenvalue weighted by Crippen LogP contribution is -2.57. The van der Waals surface area contributed by atoms with Gasteiger partial charge in [-0.2, -0.15) is 0 Å². The Hall–Kier alpha value is -1.89. The van der Waals surface area contributed by atoms with E-state index in [1.54, 1.807) is 26.0 Å². The van der Waals surface area contributed by atoms with Crippen LogP contribution in [0.2, 0.25) is 0 Å². The zero-order valence-corrected chi connectivity index (χ0v) is 18.5. The minimum absolute atomic E-state index is 0.205. The molecule has 1 unspecified atom stereocenters. The van der Waals surface area contributed by atoms with Crippen molar-refractivity contribution in [3.63, 3.8) is 0 Å². The summed E-state index contributed by atoms with van der Waals surface area (Å²) >= 11 is 0. The number of benzene rings is 1. The Labute approximate surface area is 168 Å². The van der Waals surface area contributed by atoms with Crippen LogP contribution >= 0.6 is 0 Å². The molecule has 1 aliphatic carbocycles. The van der Waals surface area contributed by atoms with Gasteiger partial charge in [0.1, 0.15) is 6.04 Å². The Morgan fingerprint density at radius 1 is 1.11 bits per heavy atom. The van der Waals surface area contributed by atoms with E-state index < -0.39 is 32.1 Å². The third kappa shape index (κ3) is 4.40. The van der Waals surface area contributed by atoms with Gasteiger partial charge in [-0.05, 0) is 71.6 Å². The van der Waals surface area contributed by atoms with Crippen LogP contribution in [0.25, 0.3) is 0 Å². The standard InChI is InChI=1S/C21H32N2O4S/c1-14-9-10-15(2)17(13-14)28(26,27)21(11-7-8-12-21)19(25)22-16(3)18(24)23-20(4,5)6/h9-10,13,16H,7-8,11-12H2,1-6H3,(H,22,25)(H,23,24). The van der Waals surface area contributed by atoms with Crippen LogP contribution in [0.3, 0.4) is 0 Å². The van der Waals surface area contributed by atoms with Gasteiger partial charge in [-0.25, -0.2) is 8.42 Å². The highest BCUT2D eigenvalue weighted by Crippen LogP contribution is 2.41. The average molecular weight is 409 g/mol. The molecule has 7 heteroatoms. The predicted octanol–water partition coefficient (Wildman–Crippen LogP) is 2.81. The molecular weight excluding hydrogens is 376 g/mol. The van der Waals surface area contributed by atoms with Crippen molar-refractivity contribution in [2.24, 2.45) is 0 Å². The average Bonchev–Trinajstić information content (AvgIpc) is 3.07. The summed E-state index contributed by atoms with van der Waals surface area (Å²) in [6.45, 7) is 10.7. The molecule has 0 aliphatic heterocycles. The molecule has 2 amide bonds. The number of hydrogen-bond acceptors (Lipinski definition) is 4. The summed E-state index contributed by atoms with van der Waals surface area (Å²) in [7, 11) is -3.90. The molecular formula is C21H32N2O4S. The van der Waals surface area contributed by atoms with Crippen LogP contribution in [0, 0.1) is 13.8 Å². The third-order valence-electron chi connectivity index (χ3n) is 5.21. The number of aryl methyl sites for hydroxylation is 2. The maximum Gasteiger partial charge on any atom is 0.242 e. The van der Waals surface area contributed by atoms with Crippen molar-refractivity contribution in [3.8, 4) is 0 Å². The van der Waals surface area contributed by atoms with E-state index >= 15 is 0 Å². The summed E-state index contributed by atoms with van der Waals surface area (Å²) in [5.74, 6) is -0.916. The zero-order valence-electron chi connectivity index (χ0n) is 17.7. The second-order valence-electron chi connectivity index (χ2n) is 8.91. The van der Waals surface area contributed by atoms with Crippen LogP contribution in [-0.2, 0) is 19.4 Å². The Balaban J connectivity index is 2.36. The van der Waals surface area contributed by atoms with E-state index in [0.717, 1.165) is 5.56 Å². The maximum atomic E-state index is 13.6. The van der Waals surface area contributed by atoms with Gasteiger partial charge in [0.2, 0.25) is 11.8 Å². The summed E-state index contributed by atoms with van der Waals surface area (Å²) in [5, 5.41) is 5.48. The van der Waals surface area contributed by atoms with Gasteiger partial charge in [-0.15, -0.1) is 0 Å². The fraction of sp³-hybridized carbons (Fsp3) is 0.619. The molecule has 2 rings (SSSR count). The minimum atomic E-state index is -3.90. The minimum Gasteiger partial charge on any atom is -0.350 e. The fourth-order valence-corrected chi connectivity index (χ4v) is 6.03. The molecule has 28 heavy (non-hydrogen) atoms. The molecule has 1 aromatic rings. The number of carbonyl (C=O) groups excluding carboxylic acids is 2. The quantitative estimate of drug-likeness (QED) is 0.784. The van der Waals surface area contributed by atoms with Crippen LogP contribution in [0.4, 0.5) is 0 Å². The molecule has 156 valence electrons. The number of carbonyl (C=O) groups is 2. The normalized spacial score (nSPS) is 17.8. The van der Waals surface area contributed by atoms with Crippen LogP contribution in [0.1, 0.15) is 64.5 Å². The highest BCUT2D eigenvalue weighted by Gasteiger charge is 2.53. The van der Waals surface area contributed by atoms with E-state index in [1.807, 2.05) is 33.8 Å². The maximum absolute atomic E-state index is 13.6. The van der Waals surface area contributed by atoms with Gasteiger partial charge in [-0.1, -0.05) is 25.0 Å². The van der Waals surface area contributed by atoms with Crippen molar-refractivity contribution in [3.05, 3.63) is 29.3 Å². The summed E-state index contributed by atoms with van der Waals surface area (Å²) in [6, 6.07) is 4.43. The Morgan fingerprint density at radius 3 is 2.21 bits per heavy atom.